The summed E-state index contributed by atoms with van der Waals surface area (Å²) in [6, 6.07) is 0. The van der Waals surface area contributed by atoms with E-state index in [2.05, 4.69) is 10.5 Å². The minimum absolute atomic E-state index is 0.0420. The lowest BCUT2D eigenvalue weighted by molar-refractivity contribution is -0.121. The number of carbonyl (C=O) groups is 1. The number of hydrogen-bond donors (Lipinski definition) is 2. The predicted molar refractivity (Wildman–Crippen MR) is 71.0 cm³/mol. The Morgan fingerprint density at radius 2 is 2.32 bits per heavy atom. The van der Waals surface area contributed by atoms with Crippen molar-refractivity contribution in [3.63, 3.8) is 0 Å². The zero-order valence-corrected chi connectivity index (χ0v) is 11.8. The third kappa shape index (κ3) is 3.70. The SMILES string of the molecule is Cc1noc(Cl)c1CCC(=O)NCCC1(O)CCC1. The van der Waals surface area contributed by atoms with Crippen molar-refractivity contribution < 1.29 is 14.4 Å². The summed E-state index contributed by atoms with van der Waals surface area (Å²) < 4.78 is 4.83. The summed E-state index contributed by atoms with van der Waals surface area (Å²) in [5.74, 6) is -0.0420. The zero-order valence-electron chi connectivity index (χ0n) is 11.0. The summed E-state index contributed by atoms with van der Waals surface area (Å²) >= 11 is 5.83. The Kier molecular flexibility index (Phi) is 4.47. The first-order valence-electron chi connectivity index (χ1n) is 6.60. The highest BCUT2D eigenvalue weighted by molar-refractivity contribution is 6.29. The molecule has 6 heteroatoms. The summed E-state index contributed by atoms with van der Waals surface area (Å²) in [6.07, 6.45) is 4.27. The summed E-state index contributed by atoms with van der Waals surface area (Å²) in [4.78, 5) is 11.7. The van der Waals surface area contributed by atoms with Crippen LogP contribution in [-0.2, 0) is 11.2 Å². The van der Waals surface area contributed by atoms with Crippen LogP contribution >= 0.6 is 11.6 Å². The normalized spacial score (nSPS) is 17.0. The van der Waals surface area contributed by atoms with Gasteiger partial charge >= 0.3 is 0 Å². The van der Waals surface area contributed by atoms with Gasteiger partial charge in [-0.2, -0.15) is 0 Å². The monoisotopic (exact) mass is 286 g/mol. The van der Waals surface area contributed by atoms with Gasteiger partial charge in [-0.05, 0) is 50.6 Å². The molecule has 1 fully saturated rings. The van der Waals surface area contributed by atoms with Crippen molar-refractivity contribution in [1.82, 2.24) is 10.5 Å². The molecule has 1 aromatic heterocycles. The van der Waals surface area contributed by atoms with Gasteiger partial charge in [-0.15, -0.1) is 0 Å². The zero-order chi connectivity index (χ0) is 13.9. The molecule has 2 rings (SSSR count). The molecular formula is C13H19ClN2O3. The third-order valence-corrected chi connectivity index (χ3v) is 4.03. The molecule has 106 valence electrons. The molecule has 0 unspecified atom stereocenters. The fraction of sp³-hybridized carbons (Fsp3) is 0.692. The van der Waals surface area contributed by atoms with Crippen molar-refractivity contribution in [2.75, 3.05) is 6.54 Å². The fourth-order valence-corrected chi connectivity index (χ4v) is 2.50. The van der Waals surface area contributed by atoms with Crippen LogP contribution in [0.2, 0.25) is 5.22 Å². The van der Waals surface area contributed by atoms with Gasteiger partial charge in [0.05, 0.1) is 11.3 Å². The number of aryl methyl sites for hydroxylation is 1. The van der Waals surface area contributed by atoms with Crippen molar-refractivity contribution in [3.8, 4) is 0 Å². The van der Waals surface area contributed by atoms with E-state index in [0.717, 1.165) is 30.5 Å². The number of aliphatic hydroxyl groups is 1. The second-order valence-electron chi connectivity index (χ2n) is 5.20. The van der Waals surface area contributed by atoms with Crippen LogP contribution in [0, 0.1) is 6.92 Å². The molecule has 0 aliphatic heterocycles. The summed E-state index contributed by atoms with van der Waals surface area (Å²) in [6.45, 7) is 2.32. The Labute approximate surface area is 117 Å². The van der Waals surface area contributed by atoms with E-state index in [-0.39, 0.29) is 11.1 Å². The Bertz CT molecular complexity index is 435. The summed E-state index contributed by atoms with van der Waals surface area (Å²) in [7, 11) is 0. The van der Waals surface area contributed by atoms with E-state index in [0.29, 0.717) is 25.8 Å². The number of carbonyl (C=O) groups excluding carboxylic acids is 1. The number of aromatic nitrogens is 1. The van der Waals surface area contributed by atoms with Gasteiger partial charge in [0, 0.05) is 18.5 Å². The lowest BCUT2D eigenvalue weighted by Crippen LogP contribution is -2.40. The van der Waals surface area contributed by atoms with Crippen LogP contribution in [0.1, 0.15) is 43.4 Å². The van der Waals surface area contributed by atoms with E-state index in [1.165, 1.54) is 0 Å². The van der Waals surface area contributed by atoms with Crippen molar-refractivity contribution in [2.24, 2.45) is 0 Å². The molecule has 0 radical (unpaired) electrons. The fourth-order valence-electron chi connectivity index (χ4n) is 2.24. The topological polar surface area (TPSA) is 75.4 Å². The van der Waals surface area contributed by atoms with Gasteiger partial charge in [0.2, 0.25) is 11.1 Å². The van der Waals surface area contributed by atoms with Gasteiger partial charge in [0.25, 0.3) is 0 Å². The number of amides is 1. The van der Waals surface area contributed by atoms with E-state index in [4.69, 9.17) is 16.1 Å². The van der Waals surface area contributed by atoms with Gasteiger partial charge in [-0.1, -0.05) is 5.16 Å². The molecule has 0 spiro atoms. The molecule has 2 N–H and O–H groups in total. The molecule has 1 heterocycles. The van der Waals surface area contributed by atoms with Gasteiger partial charge in [-0.3, -0.25) is 4.79 Å². The third-order valence-electron chi connectivity index (χ3n) is 3.74. The van der Waals surface area contributed by atoms with Crippen LogP contribution in [0.3, 0.4) is 0 Å². The molecule has 5 nitrogen and oxygen atoms in total. The van der Waals surface area contributed by atoms with Crippen molar-refractivity contribution in [1.29, 1.82) is 0 Å². The number of nitrogens with one attached hydrogen (secondary N) is 1. The molecule has 1 amide bonds. The number of hydrogen-bond acceptors (Lipinski definition) is 4. The minimum atomic E-state index is -0.540. The maximum Gasteiger partial charge on any atom is 0.229 e. The summed E-state index contributed by atoms with van der Waals surface area (Å²) in [5, 5.41) is 16.7. The first kappa shape index (κ1) is 14.3. The van der Waals surface area contributed by atoms with E-state index >= 15 is 0 Å². The average molecular weight is 287 g/mol. The summed E-state index contributed by atoms with van der Waals surface area (Å²) in [5.41, 5.74) is 0.970. The number of halogens is 1. The van der Waals surface area contributed by atoms with Gasteiger partial charge < -0.3 is 14.9 Å². The van der Waals surface area contributed by atoms with Gasteiger partial charge in [0.15, 0.2) is 0 Å². The molecule has 0 atom stereocenters. The highest BCUT2D eigenvalue weighted by atomic mass is 35.5. The highest BCUT2D eigenvalue weighted by Crippen LogP contribution is 2.34. The first-order chi connectivity index (χ1) is 9.00. The van der Waals surface area contributed by atoms with E-state index in [9.17, 15) is 9.90 Å². The lowest BCUT2D eigenvalue weighted by Gasteiger charge is -2.36. The lowest BCUT2D eigenvalue weighted by atomic mass is 9.78. The Hall–Kier alpha value is -1.07. The van der Waals surface area contributed by atoms with Crippen LogP contribution in [0.15, 0.2) is 4.52 Å². The van der Waals surface area contributed by atoms with Crippen molar-refractivity contribution in [2.45, 2.75) is 51.0 Å². The largest absolute Gasteiger partial charge is 0.390 e. The molecular weight excluding hydrogens is 268 g/mol. The average Bonchev–Trinajstić information content (AvgIpc) is 2.64. The standard InChI is InChI=1S/C13H19ClN2O3/c1-9-10(12(14)19-16-9)3-4-11(17)15-8-7-13(18)5-2-6-13/h18H,2-8H2,1H3,(H,15,17). The van der Waals surface area contributed by atoms with E-state index in [1.807, 2.05) is 0 Å². The molecule has 19 heavy (non-hydrogen) atoms. The Balaban J connectivity index is 1.67. The Morgan fingerprint density at radius 1 is 1.58 bits per heavy atom. The number of nitrogens with zero attached hydrogens (tertiary/aromatic N) is 1. The van der Waals surface area contributed by atoms with Gasteiger partial charge in [-0.25, -0.2) is 0 Å². The Morgan fingerprint density at radius 3 is 2.84 bits per heavy atom. The second kappa shape index (κ2) is 5.92. The molecule has 1 aliphatic carbocycles. The molecule has 0 saturated heterocycles. The molecule has 0 bridgehead atoms. The van der Waals surface area contributed by atoms with Crippen LogP contribution in [0.4, 0.5) is 0 Å². The van der Waals surface area contributed by atoms with Crippen molar-refractivity contribution >= 4 is 17.5 Å². The van der Waals surface area contributed by atoms with Crippen LogP contribution in [0.25, 0.3) is 0 Å². The molecule has 1 aliphatic rings. The van der Waals surface area contributed by atoms with E-state index < -0.39 is 5.60 Å². The predicted octanol–water partition coefficient (Wildman–Crippen LogP) is 1.99. The van der Waals surface area contributed by atoms with Crippen LogP contribution in [0.5, 0.6) is 0 Å². The maximum atomic E-state index is 11.7. The van der Waals surface area contributed by atoms with Crippen LogP contribution in [-0.4, -0.2) is 28.3 Å². The van der Waals surface area contributed by atoms with Crippen molar-refractivity contribution in [3.05, 3.63) is 16.5 Å². The van der Waals surface area contributed by atoms with Gasteiger partial charge in [0.1, 0.15) is 0 Å². The van der Waals surface area contributed by atoms with Crippen LogP contribution < -0.4 is 5.32 Å². The number of rotatable bonds is 6. The smallest absolute Gasteiger partial charge is 0.229 e. The molecule has 1 saturated carbocycles. The van der Waals surface area contributed by atoms with E-state index in [1.54, 1.807) is 6.92 Å². The highest BCUT2D eigenvalue weighted by Gasteiger charge is 2.33. The molecule has 0 aromatic carbocycles. The molecule has 1 aromatic rings. The second-order valence-corrected chi connectivity index (χ2v) is 5.54. The first-order valence-corrected chi connectivity index (χ1v) is 6.98. The quantitative estimate of drug-likeness (QED) is 0.838. The minimum Gasteiger partial charge on any atom is -0.390 e. The maximum absolute atomic E-state index is 11.7.